The van der Waals surface area contributed by atoms with Crippen molar-refractivity contribution >= 4 is 11.7 Å². The molecule has 4 nitrogen and oxygen atoms in total. The number of nitrogens with zero attached hydrogens (tertiary/aromatic N) is 2. The van der Waals surface area contributed by atoms with Crippen molar-refractivity contribution in [2.45, 2.75) is 6.42 Å². The van der Waals surface area contributed by atoms with E-state index in [0.29, 0.717) is 6.54 Å². The summed E-state index contributed by atoms with van der Waals surface area (Å²) in [5, 5.41) is 0. The van der Waals surface area contributed by atoms with E-state index in [-0.39, 0.29) is 17.6 Å². The number of hydrogen-bond acceptors (Lipinski definition) is 3. The molecule has 0 saturated carbocycles. The van der Waals surface area contributed by atoms with E-state index in [4.69, 9.17) is 5.73 Å². The van der Waals surface area contributed by atoms with E-state index in [0.717, 1.165) is 30.0 Å². The molecule has 1 fully saturated rings. The highest BCUT2D eigenvalue weighted by Crippen LogP contribution is 2.25. The fourth-order valence-electron chi connectivity index (χ4n) is 2.58. The van der Waals surface area contributed by atoms with E-state index in [2.05, 4.69) is 9.88 Å². The third-order valence-corrected chi connectivity index (χ3v) is 3.79. The van der Waals surface area contributed by atoms with Crippen LogP contribution in [0, 0.1) is 11.7 Å². The number of carbonyl (C=O) groups excluding carboxylic acids is 1. The summed E-state index contributed by atoms with van der Waals surface area (Å²) in [5.41, 5.74) is 7.00. The molecule has 0 spiro atoms. The quantitative estimate of drug-likeness (QED) is 0.940. The number of carbonyl (C=O) groups is 1. The predicted molar refractivity (Wildman–Crippen MR) is 79.1 cm³/mol. The van der Waals surface area contributed by atoms with E-state index in [9.17, 15) is 9.18 Å². The number of nitrogens with two attached hydrogens (primary N) is 1. The Morgan fingerprint density at radius 1 is 1.24 bits per heavy atom. The van der Waals surface area contributed by atoms with Gasteiger partial charge in [-0.2, -0.15) is 0 Å². The van der Waals surface area contributed by atoms with Gasteiger partial charge in [0.1, 0.15) is 11.6 Å². The molecule has 1 aliphatic heterocycles. The number of hydrogen-bond donors (Lipinski definition) is 1. The number of halogens is 1. The highest BCUT2D eigenvalue weighted by atomic mass is 19.1. The lowest BCUT2D eigenvalue weighted by Crippen LogP contribution is -2.27. The van der Waals surface area contributed by atoms with Crippen molar-refractivity contribution in [3.8, 4) is 11.3 Å². The zero-order chi connectivity index (χ0) is 14.8. The van der Waals surface area contributed by atoms with Gasteiger partial charge in [0, 0.05) is 18.7 Å². The van der Waals surface area contributed by atoms with Crippen molar-refractivity contribution in [1.82, 2.24) is 4.98 Å². The molecule has 0 bridgehead atoms. The summed E-state index contributed by atoms with van der Waals surface area (Å²) in [4.78, 5) is 17.9. The lowest BCUT2D eigenvalue weighted by molar-refractivity contribution is -0.121. The predicted octanol–water partition coefficient (Wildman–Crippen LogP) is 2.20. The van der Waals surface area contributed by atoms with Crippen LogP contribution in [0.2, 0.25) is 0 Å². The highest BCUT2D eigenvalue weighted by Gasteiger charge is 2.27. The van der Waals surface area contributed by atoms with Crippen LogP contribution in [0.4, 0.5) is 10.2 Å². The van der Waals surface area contributed by atoms with Crippen molar-refractivity contribution < 1.29 is 9.18 Å². The minimum absolute atomic E-state index is 0.110. The number of amides is 1. The van der Waals surface area contributed by atoms with Gasteiger partial charge in [-0.3, -0.25) is 4.79 Å². The van der Waals surface area contributed by atoms with Crippen LogP contribution >= 0.6 is 0 Å². The van der Waals surface area contributed by atoms with Crippen LogP contribution in [-0.2, 0) is 4.79 Å². The molecule has 0 aliphatic carbocycles. The first-order valence-electron chi connectivity index (χ1n) is 6.91. The molecule has 1 saturated heterocycles. The Labute approximate surface area is 122 Å². The van der Waals surface area contributed by atoms with Gasteiger partial charge in [0.05, 0.1) is 11.6 Å². The van der Waals surface area contributed by atoms with Crippen molar-refractivity contribution in [3.63, 3.8) is 0 Å². The Bertz CT molecular complexity index is 657. The summed E-state index contributed by atoms with van der Waals surface area (Å²) in [5.74, 6) is 0.188. The van der Waals surface area contributed by atoms with Crippen molar-refractivity contribution in [2.24, 2.45) is 11.7 Å². The molecule has 3 rings (SSSR count). The summed E-state index contributed by atoms with van der Waals surface area (Å²) in [6, 6.07) is 12.0. The second kappa shape index (κ2) is 5.52. The fourth-order valence-corrected chi connectivity index (χ4v) is 2.58. The smallest absolute Gasteiger partial charge is 0.222 e. The van der Waals surface area contributed by atoms with Crippen LogP contribution in [-0.4, -0.2) is 24.0 Å². The van der Waals surface area contributed by atoms with Gasteiger partial charge in [0.2, 0.25) is 5.91 Å². The zero-order valence-electron chi connectivity index (χ0n) is 11.5. The first-order chi connectivity index (χ1) is 10.1. The topological polar surface area (TPSA) is 59.2 Å². The van der Waals surface area contributed by atoms with Crippen molar-refractivity contribution in [2.75, 3.05) is 18.0 Å². The highest BCUT2D eigenvalue weighted by molar-refractivity contribution is 5.78. The number of anilines is 1. The molecule has 0 unspecified atom stereocenters. The molecule has 2 N–H and O–H groups in total. The number of rotatable bonds is 3. The SMILES string of the molecule is NC(=O)[C@@H]1CCN(c2cccc(-c3ccc(F)cc3)n2)C1. The third-order valence-electron chi connectivity index (χ3n) is 3.79. The molecule has 1 aromatic heterocycles. The van der Waals surface area contributed by atoms with Gasteiger partial charge in [-0.15, -0.1) is 0 Å². The molecule has 1 aliphatic rings. The Kier molecular flexibility index (Phi) is 3.56. The van der Waals surface area contributed by atoms with E-state index in [1.54, 1.807) is 12.1 Å². The lowest BCUT2D eigenvalue weighted by Gasteiger charge is -2.17. The van der Waals surface area contributed by atoms with Gasteiger partial charge in [-0.25, -0.2) is 9.37 Å². The standard InChI is InChI=1S/C16H16FN3O/c17-13-6-4-11(5-7-13)14-2-1-3-15(19-14)20-9-8-12(10-20)16(18)21/h1-7,12H,8-10H2,(H2,18,21)/t12-/m1/s1. The van der Waals surface area contributed by atoms with E-state index >= 15 is 0 Å². The summed E-state index contributed by atoms with van der Waals surface area (Å²) in [6.45, 7) is 1.38. The van der Waals surface area contributed by atoms with Crippen LogP contribution in [0.25, 0.3) is 11.3 Å². The lowest BCUT2D eigenvalue weighted by atomic mass is 10.1. The molecular weight excluding hydrogens is 269 g/mol. The van der Waals surface area contributed by atoms with Crippen LogP contribution < -0.4 is 10.6 Å². The maximum absolute atomic E-state index is 13.0. The second-order valence-corrected chi connectivity index (χ2v) is 5.22. The molecule has 108 valence electrons. The maximum Gasteiger partial charge on any atom is 0.222 e. The summed E-state index contributed by atoms with van der Waals surface area (Å²) in [6.07, 6.45) is 0.762. The Morgan fingerprint density at radius 3 is 2.67 bits per heavy atom. The first kappa shape index (κ1) is 13.5. The summed E-state index contributed by atoms with van der Waals surface area (Å²) >= 11 is 0. The molecule has 1 aromatic carbocycles. The molecule has 1 amide bonds. The van der Waals surface area contributed by atoms with Crippen LogP contribution in [0.1, 0.15) is 6.42 Å². The number of benzene rings is 1. The fraction of sp³-hybridized carbons (Fsp3) is 0.250. The number of pyridine rings is 1. The molecule has 1 atom stereocenters. The number of primary amides is 1. The minimum atomic E-state index is -0.265. The molecule has 0 radical (unpaired) electrons. The van der Waals surface area contributed by atoms with Gasteiger partial charge in [0.25, 0.3) is 0 Å². The molecule has 21 heavy (non-hydrogen) atoms. The average molecular weight is 285 g/mol. The normalized spacial score (nSPS) is 18.0. The van der Waals surface area contributed by atoms with Gasteiger partial charge in [0.15, 0.2) is 0 Å². The largest absolute Gasteiger partial charge is 0.369 e. The van der Waals surface area contributed by atoms with E-state index in [1.165, 1.54) is 12.1 Å². The molecule has 2 aromatic rings. The minimum Gasteiger partial charge on any atom is -0.369 e. The maximum atomic E-state index is 13.0. The van der Waals surface area contributed by atoms with Crippen molar-refractivity contribution in [1.29, 1.82) is 0 Å². The van der Waals surface area contributed by atoms with Crippen molar-refractivity contribution in [3.05, 3.63) is 48.3 Å². The zero-order valence-corrected chi connectivity index (χ0v) is 11.5. The van der Waals surface area contributed by atoms with Crippen LogP contribution in [0.3, 0.4) is 0 Å². The van der Waals surface area contributed by atoms with E-state index in [1.807, 2.05) is 18.2 Å². The summed E-state index contributed by atoms with van der Waals surface area (Å²) < 4.78 is 13.0. The monoisotopic (exact) mass is 285 g/mol. The van der Waals surface area contributed by atoms with E-state index < -0.39 is 0 Å². The first-order valence-corrected chi connectivity index (χ1v) is 6.91. The van der Waals surface area contributed by atoms with Gasteiger partial charge >= 0.3 is 0 Å². The number of aromatic nitrogens is 1. The summed E-state index contributed by atoms with van der Waals surface area (Å²) in [7, 11) is 0. The molecular formula is C16H16FN3O. The van der Waals surface area contributed by atoms with Gasteiger partial charge in [-0.1, -0.05) is 6.07 Å². The Morgan fingerprint density at radius 2 is 2.00 bits per heavy atom. The second-order valence-electron chi connectivity index (χ2n) is 5.22. The Hall–Kier alpha value is -2.43. The average Bonchev–Trinajstić information content (AvgIpc) is 2.98. The molecule has 5 heteroatoms. The van der Waals surface area contributed by atoms with Gasteiger partial charge < -0.3 is 10.6 Å². The Balaban J connectivity index is 1.84. The molecule has 2 heterocycles. The van der Waals surface area contributed by atoms with Gasteiger partial charge in [-0.05, 0) is 42.8 Å². The van der Waals surface area contributed by atoms with Crippen LogP contribution in [0.5, 0.6) is 0 Å². The third kappa shape index (κ3) is 2.86. The van der Waals surface area contributed by atoms with Crippen LogP contribution in [0.15, 0.2) is 42.5 Å².